The smallest absolute Gasteiger partial charge is 0.408 e. The van der Waals surface area contributed by atoms with E-state index in [1.54, 1.807) is 20.8 Å². The van der Waals surface area contributed by atoms with E-state index in [0.29, 0.717) is 6.54 Å². The Balaban J connectivity index is 2.23. The molecule has 1 aromatic rings. The fraction of sp³-hybridized carbons (Fsp3) is 0.429. The standard InChI is InChI=1S/C14H20N2O3/c1-14(2,3)19-13(18)16-10-12(17)15-9-11-7-5-4-6-8-11/h4-8H,9-10H2,1-3H3,(H,15,17)(H,16,18). The van der Waals surface area contributed by atoms with Crippen LogP contribution in [-0.2, 0) is 16.1 Å². The lowest BCUT2D eigenvalue weighted by molar-refractivity contribution is -0.120. The van der Waals surface area contributed by atoms with E-state index in [9.17, 15) is 9.59 Å². The predicted molar refractivity (Wildman–Crippen MR) is 72.5 cm³/mol. The molecule has 0 heterocycles. The summed E-state index contributed by atoms with van der Waals surface area (Å²) < 4.78 is 5.02. The van der Waals surface area contributed by atoms with Crippen molar-refractivity contribution in [2.75, 3.05) is 6.54 Å². The zero-order valence-corrected chi connectivity index (χ0v) is 11.5. The summed E-state index contributed by atoms with van der Waals surface area (Å²) in [5.74, 6) is -0.255. The summed E-state index contributed by atoms with van der Waals surface area (Å²) in [6, 6.07) is 9.55. The molecule has 2 amide bonds. The Bertz CT molecular complexity index is 424. The van der Waals surface area contributed by atoms with Crippen LogP contribution in [0.3, 0.4) is 0 Å². The number of carbonyl (C=O) groups is 2. The lowest BCUT2D eigenvalue weighted by Crippen LogP contribution is -2.39. The van der Waals surface area contributed by atoms with Crippen LogP contribution in [0.25, 0.3) is 0 Å². The third-order valence-electron chi connectivity index (χ3n) is 2.12. The molecule has 5 heteroatoms. The molecule has 0 saturated heterocycles. The van der Waals surface area contributed by atoms with Crippen LogP contribution in [-0.4, -0.2) is 24.1 Å². The molecule has 5 nitrogen and oxygen atoms in total. The fourth-order valence-electron chi connectivity index (χ4n) is 1.33. The molecular formula is C14H20N2O3. The van der Waals surface area contributed by atoms with Crippen LogP contribution in [0.2, 0.25) is 0 Å². The summed E-state index contributed by atoms with van der Waals surface area (Å²) in [6.45, 7) is 5.64. The number of alkyl carbamates (subject to hydrolysis) is 1. The fourth-order valence-corrected chi connectivity index (χ4v) is 1.33. The van der Waals surface area contributed by atoms with Gasteiger partial charge < -0.3 is 15.4 Å². The highest BCUT2D eigenvalue weighted by Crippen LogP contribution is 2.06. The van der Waals surface area contributed by atoms with E-state index in [-0.39, 0.29) is 12.5 Å². The van der Waals surface area contributed by atoms with Crippen LogP contribution in [0.15, 0.2) is 30.3 Å². The van der Waals surface area contributed by atoms with Crippen molar-refractivity contribution in [2.24, 2.45) is 0 Å². The average molecular weight is 264 g/mol. The first kappa shape index (κ1) is 15.0. The van der Waals surface area contributed by atoms with Crippen LogP contribution < -0.4 is 10.6 Å². The topological polar surface area (TPSA) is 67.4 Å². The molecule has 1 aromatic carbocycles. The van der Waals surface area contributed by atoms with E-state index in [2.05, 4.69) is 10.6 Å². The van der Waals surface area contributed by atoms with Gasteiger partial charge in [-0.3, -0.25) is 4.79 Å². The van der Waals surface area contributed by atoms with Crippen molar-refractivity contribution in [1.82, 2.24) is 10.6 Å². The lowest BCUT2D eigenvalue weighted by atomic mass is 10.2. The second-order valence-electron chi connectivity index (χ2n) is 5.12. The van der Waals surface area contributed by atoms with Gasteiger partial charge in [0.15, 0.2) is 0 Å². The van der Waals surface area contributed by atoms with E-state index in [1.807, 2.05) is 30.3 Å². The second-order valence-corrected chi connectivity index (χ2v) is 5.12. The summed E-state index contributed by atoms with van der Waals surface area (Å²) >= 11 is 0. The highest BCUT2D eigenvalue weighted by molar-refractivity contribution is 5.82. The number of carbonyl (C=O) groups excluding carboxylic acids is 2. The van der Waals surface area contributed by atoms with Gasteiger partial charge in [-0.25, -0.2) is 4.79 Å². The number of hydrogen-bond donors (Lipinski definition) is 2. The van der Waals surface area contributed by atoms with Gasteiger partial charge >= 0.3 is 6.09 Å². The molecule has 0 bridgehead atoms. The van der Waals surface area contributed by atoms with Gasteiger partial charge in [-0.15, -0.1) is 0 Å². The van der Waals surface area contributed by atoms with Gasteiger partial charge in [-0.1, -0.05) is 30.3 Å². The summed E-state index contributed by atoms with van der Waals surface area (Å²) in [6.07, 6.45) is -0.595. The quantitative estimate of drug-likeness (QED) is 0.871. The molecule has 0 aliphatic rings. The molecule has 104 valence electrons. The number of amides is 2. The molecular weight excluding hydrogens is 244 g/mol. The first-order valence-electron chi connectivity index (χ1n) is 6.14. The minimum absolute atomic E-state index is 0.0955. The van der Waals surface area contributed by atoms with E-state index >= 15 is 0 Å². The van der Waals surface area contributed by atoms with Crippen LogP contribution in [0.5, 0.6) is 0 Å². The molecule has 2 N–H and O–H groups in total. The molecule has 0 radical (unpaired) electrons. The van der Waals surface area contributed by atoms with Crippen molar-refractivity contribution < 1.29 is 14.3 Å². The molecule has 0 spiro atoms. The van der Waals surface area contributed by atoms with Gasteiger partial charge in [0.1, 0.15) is 12.1 Å². The first-order valence-corrected chi connectivity index (χ1v) is 6.14. The van der Waals surface area contributed by atoms with Crippen LogP contribution in [0.1, 0.15) is 26.3 Å². The molecule has 0 fully saturated rings. The van der Waals surface area contributed by atoms with Gasteiger partial charge in [0.25, 0.3) is 0 Å². The Morgan fingerprint density at radius 2 is 1.74 bits per heavy atom. The van der Waals surface area contributed by atoms with Crippen molar-refractivity contribution >= 4 is 12.0 Å². The van der Waals surface area contributed by atoms with Crippen molar-refractivity contribution in [3.63, 3.8) is 0 Å². The molecule has 0 unspecified atom stereocenters. The van der Waals surface area contributed by atoms with Gasteiger partial charge in [-0.2, -0.15) is 0 Å². The van der Waals surface area contributed by atoms with Crippen LogP contribution in [0.4, 0.5) is 4.79 Å². The van der Waals surface area contributed by atoms with Gasteiger partial charge in [-0.05, 0) is 26.3 Å². The van der Waals surface area contributed by atoms with Gasteiger partial charge in [0.2, 0.25) is 5.91 Å². The molecule has 0 aliphatic carbocycles. The maximum Gasteiger partial charge on any atom is 0.408 e. The Morgan fingerprint density at radius 1 is 1.11 bits per heavy atom. The van der Waals surface area contributed by atoms with E-state index in [0.717, 1.165) is 5.56 Å². The number of hydrogen-bond acceptors (Lipinski definition) is 3. The highest BCUT2D eigenvalue weighted by atomic mass is 16.6. The molecule has 0 aliphatic heterocycles. The average Bonchev–Trinajstić information content (AvgIpc) is 2.33. The number of benzene rings is 1. The SMILES string of the molecule is CC(C)(C)OC(=O)NCC(=O)NCc1ccccc1. The summed E-state index contributed by atoms with van der Waals surface area (Å²) in [4.78, 5) is 22.8. The Morgan fingerprint density at radius 3 is 2.32 bits per heavy atom. The zero-order valence-electron chi connectivity index (χ0n) is 11.5. The molecule has 19 heavy (non-hydrogen) atoms. The zero-order chi connectivity index (χ0) is 14.3. The molecule has 0 aromatic heterocycles. The first-order chi connectivity index (χ1) is 8.87. The van der Waals surface area contributed by atoms with Gasteiger partial charge in [0.05, 0.1) is 0 Å². The lowest BCUT2D eigenvalue weighted by Gasteiger charge is -2.19. The van der Waals surface area contributed by atoms with E-state index < -0.39 is 11.7 Å². The monoisotopic (exact) mass is 264 g/mol. The van der Waals surface area contributed by atoms with Crippen molar-refractivity contribution in [2.45, 2.75) is 32.9 Å². The Kier molecular flexibility index (Phi) is 5.36. The third-order valence-corrected chi connectivity index (χ3v) is 2.12. The second kappa shape index (κ2) is 6.78. The van der Waals surface area contributed by atoms with Gasteiger partial charge in [0, 0.05) is 6.54 Å². The maximum absolute atomic E-state index is 11.5. The Hall–Kier alpha value is -2.04. The van der Waals surface area contributed by atoms with E-state index in [4.69, 9.17) is 4.74 Å². The number of rotatable bonds is 4. The minimum Gasteiger partial charge on any atom is -0.444 e. The molecule has 1 rings (SSSR count). The maximum atomic E-state index is 11.5. The predicted octanol–water partition coefficient (Wildman–Crippen LogP) is 1.83. The highest BCUT2D eigenvalue weighted by Gasteiger charge is 2.16. The summed E-state index contributed by atoms with van der Waals surface area (Å²) in [5.41, 5.74) is 0.443. The van der Waals surface area contributed by atoms with Crippen LogP contribution in [0, 0.1) is 0 Å². The normalized spacial score (nSPS) is 10.7. The Labute approximate surface area is 113 Å². The van der Waals surface area contributed by atoms with Crippen LogP contribution >= 0.6 is 0 Å². The molecule has 0 atom stereocenters. The van der Waals surface area contributed by atoms with Crippen molar-refractivity contribution in [3.8, 4) is 0 Å². The van der Waals surface area contributed by atoms with Crippen molar-refractivity contribution in [1.29, 1.82) is 0 Å². The largest absolute Gasteiger partial charge is 0.444 e. The molecule has 0 saturated carbocycles. The summed E-state index contributed by atoms with van der Waals surface area (Å²) in [7, 11) is 0. The van der Waals surface area contributed by atoms with Crippen molar-refractivity contribution in [3.05, 3.63) is 35.9 Å². The minimum atomic E-state index is -0.595. The number of ether oxygens (including phenoxy) is 1. The number of nitrogens with one attached hydrogen (secondary N) is 2. The third kappa shape index (κ3) is 7.08. The van der Waals surface area contributed by atoms with E-state index in [1.165, 1.54) is 0 Å². The summed E-state index contributed by atoms with van der Waals surface area (Å²) in [5, 5.41) is 5.11.